The Balaban J connectivity index is 1.79. The van der Waals surface area contributed by atoms with Crippen LogP contribution < -0.4 is 0 Å². The van der Waals surface area contributed by atoms with Crippen LogP contribution in [0.2, 0.25) is 0 Å². The number of hydrogen-bond donors (Lipinski definition) is 0. The van der Waals surface area contributed by atoms with Gasteiger partial charge in [0.15, 0.2) is 0 Å². The minimum atomic E-state index is 0.0165. The largest absolute Gasteiger partial charge is 0.341 e. The number of hydrogen-bond acceptors (Lipinski definition) is 5. The molecule has 3 aromatic rings. The summed E-state index contributed by atoms with van der Waals surface area (Å²) in [5.41, 5.74) is 6.52. The van der Waals surface area contributed by atoms with Crippen LogP contribution in [0, 0.1) is 13.8 Å². The van der Waals surface area contributed by atoms with Crippen molar-refractivity contribution in [1.82, 2.24) is 19.9 Å². The molecular formula is C21H24N4OS. The topological polar surface area (TPSA) is 59.0 Å². The van der Waals surface area contributed by atoms with Crippen LogP contribution in [-0.2, 0) is 12.8 Å². The lowest BCUT2D eigenvalue weighted by Gasteiger charge is -2.17. The molecule has 27 heavy (non-hydrogen) atoms. The number of rotatable bonds is 6. The Labute approximate surface area is 164 Å². The summed E-state index contributed by atoms with van der Waals surface area (Å²) in [6.45, 7) is 6.64. The van der Waals surface area contributed by atoms with Crippen LogP contribution in [0.15, 0.2) is 36.0 Å². The maximum Gasteiger partial charge on any atom is 0.253 e. The number of amides is 1. The molecule has 0 fully saturated rings. The summed E-state index contributed by atoms with van der Waals surface area (Å²) in [5, 5.41) is 0. The van der Waals surface area contributed by atoms with E-state index in [0.29, 0.717) is 12.1 Å². The monoisotopic (exact) mass is 380 g/mol. The summed E-state index contributed by atoms with van der Waals surface area (Å²) in [4.78, 5) is 29.0. The first kappa shape index (κ1) is 19.2. The molecule has 2 aromatic heterocycles. The molecule has 0 N–H and O–H groups in total. The zero-order valence-electron chi connectivity index (χ0n) is 16.2. The van der Waals surface area contributed by atoms with Crippen LogP contribution in [0.25, 0.3) is 11.3 Å². The van der Waals surface area contributed by atoms with Crippen molar-refractivity contribution in [3.05, 3.63) is 63.5 Å². The van der Waals surface area contributed by atoms with Gasteiger partial charge in [-0.15, -0.1) is 11.3 Å². The number of likely N-dealkylation sites (N-methyl/N-ethyl adjacent to an activating group) is 1. The van der Waals surface area contributed by atoms with Gasteiger partial charge in [-0.05, 0) is 38.0 Å². The zero-order chi connectivity index (χ0) is 19.4. The Morgan fingerprint density at radius 1 is 1.22 bits per heavy atom. The Kier molecular flexibility index (Phi) is 5.96. The first-order valence-electron chi connectivity index (χ1n) is 9.07. The lowest BCUT2D eigenvalue weighted by Crippen LogP contribution is -2.28. The first-order valence-corrected chi connectivity index (χ1v) is 9.95. The molecule has 2 heterocycles. The second kappa shape index (κ2) is 8.39. The molecular weight excluding hydrogens is 356 g/mol. The van der Waals surface area contributed by atoms with E-state index in [1.54, 1.807) is 16.2 Å². The van der Waals surface area contributed by atoms with Crippen molar-refractivity contribution < 1.29 is 4.79 Å². The van der Waals surface area contributed by atoms with Gasteiger partial charge in [0, 0.05) is 42.2 Å². The van der Waals surface area contributed by atoms with E-state index in [1.165, 1.54) is 4.88 Å². The molecule has 0 saturated heterocycles. The van der Waals surface area contributed by atoms with Crippen molar-refractivity contribution in [1.29, 1.82) is 0 Å². The Morgan fingerprint density at radius 3 is 2.74 bits per heavy atom. The molecule has 0 atom stereocenters. The van der Waals surface area contributed by atoms with E-state index in [0.717, 1.165) is 41.2 Å². The lowest BCUT2D eigenvalue weighted by molar-refractivity contribution is 0.0797. The van der Waals surface area contributed by atoms with Gasteiger partial charge >= 0.3 is 0 Å². The number of aryl methyl sites for hydroxylation is 3. The summed E-state index contributed by atoms with van der Waals surface area (Å²) in [6, 6.07) is 7.71. The van der Waals surface area contributed by atoms with E-state index >= 15 is 0 Å². The van der Waals surface area contributed by atoms with Gasteiger partial charge in [0.05, 0.1) is 16.9 Å². The Morgan fingerprint density at radius 2 is 2.04 bits per heavy atom. The maximum absolute atomic E-state index is 12.9. The van der Waals surface area contributed by atoms with Crippen LogP contribution >= 0.6 is 11.3 Å². The SMILES string of the molecule is CCc1cnc(C)nc1-c1cccc(C(=O)N(C)CCc2scnc2C)c1. The highest BCUT2D eigenvalue weighted by molar-refractivity contribution is 7.09. The van der Waals surface area contributed by atoms with Crippen molar-refractivity contribution in [3.8, 4) is 11.3 Å². The van der Waals surface area contributed by atoms with Crippen molar-refractivity contribution in [3.63, 3.8) is 0 Å². The van der Waals surface area contributed by atoms with E-state index in [9.17, 15) is 4.79 Å². The number of carbonyl (C=O) groups is 1. The number of benzene rings is 1. The smallest absolute Gasteiger partial charge is 0.253 e. The summed E-state index contributed by atoms with van der Waals surface area (Å²) < 4.78 is 0. The highest BCUT2D eigenvalue weighted by atomic mass is 32.1. The average molecular weight is 381 g/mol. The normalized spacial score (nSPS) is 10.8. The molecule has 0 unspecified atom stereocenters. The van der Waals surface area contributed by atoms with Crippen molar-refractivity contribution >= 4 is 17.2 Å². The second-order valence-corrected chi connectivity index (χ2v) is 7.50. The first-order chi connectivity index (χ1) is 13.0. The van der Waals surface area contributed by atoms with Gasteiger partial charge in [-0.1, -0.05) is 19.1 Å². The van der Waals surface area contributed by atoms with Gasteiger partial charge in [0.1, 0.15) is 5.82 Å². The minimum absolute atomic E-state index is 0.0165. The zero-order valence-corrected chi connectivity index (χ0v) is 17.0. The molecule has 0 spiro atoms. The summed E-state index contributed by atoms with van der Waals surface area (Å²) in [6.07, 6.45) is 3.54. The van der Waals surface area contributed by atoms with E-state index in [-0.39, 0.29) is 5.91 Å². The minimum Gasteiger partial charge on any atom is -0.341 e. The molecule has 140 valence electrons. The quantitative estimate of drug-likeness (QED) is 0.646. The van der Waals surface area contributed by atoms with Gasteiger partial charge in [-0.2, -0.15) is 0 Å². The molecule has 3 rings (SSSR count). The summed E-state index contributed by atoms with van der Waals surface area (Å²) in [7, 11) is 1.84. The van der Waals surface area contributed by atoms with Crippen LogP contribution in [0.4, 0.5) is 0 Å². The van der Waals surface area contributed by atoms with Gasteiger partial charge in [0.2, 0.25) is 0 Å². The van der Waals surface area contributed by atoms with Crippen molar-refractivity contribution in [2.75, 3.05) is 13.6 Å². The fourth-order valence-corrected chi connectivity index (χ4v) is 3.73. The van der Waals surface area contributed by atoms with E-state index in [4.69, 9.17) is 0 Å². The molecule has 0 aliphatic carbocycles. The van der Waals surface area contributed by atoms with Gasteiger partial charge in [-0.25, -0.2) is 15.0 Å². The second-order valence-electron chi connectivity index (χ2n) is 6.56. The number of carbonyl (C=O) groups excluding carboxylic acids is 1. The lowest BCUT2D eigenvalue weighted by atomic mass is 10.0. The van der Waals surface area contributed by atoms with Crippen LogP contribution in [-0.4, -0.2) is 39.4 Å². The van der Waals surface area contributed by atoms with Gasteiger partial charge in [-0.3, -0.25) is 4.79 Å². The predicted octanol–water partition coefficient (Wildman–Crippen LogP) is 4.09. The van der Waals surface area contributed by atoms with Crippen molar-refractivity contribution in [2.45, 2.75) is 33.6 Å². The fourth-order valence-electron chi connectivity index (χ4n) is 2.96. The Hall–Kier alpha value is -2.60. The molecule has 1 amide bonds. The van der Waals surface area contributed by atoms with Crippen LogP contribution in [0.5, 0.6) is 0 Å². The van der Waals surface area contributed by atoms with Crippen molar-refractivity contribution in [2.24, 2.45) is 0 Å². The number of nitrogens with zero attached hydrogens (tertiary/aromatic N) is 4. The van der Waals surface area contributed by atoms with Crippen LogP contribution in [0.3, 0.4) is 0 Å². The van der Waals surface area contributed by atoms with Crippen LogP contribution in [0.1, 0.15) is 39.2 Å². The highest BCUT2D eigenvalue weighted by Gasteiger charge is 2.15. The Bertz CT molecular complexity index is 951. The third-order valence-corrected chi connectivity index (χ3v) is 5.61. The maximum atomic E-state index is 12.9. The molecule has 1 aromatic carbocycles. The third-order valence-electron chi connectivity index (χ3n) is 4.61. The number of aromatic nitrogens is 3. The molecule has 6 heteroatoms. The average Bonchev–Trinajstić information content (AvgIpc) is 3.10. The van der Waals surface area contributed by atoms with E-state index < -0.39 is 0 Å². The van der Waals surface area contributed by atoms with E-state index in [2.05, 4.69) is 21.9 Å². The standard InChI is InChI=1S/C21H24N4OS/c1-5-16-12-22-15(3)24-20(16)17-7-6-8-18(11-17)21(26)25(4)10-9-19-14(2)23-13-27-19/h6-8,11-13H,5,9-10H2,1-4H3. The third kappa shape index (κ3) is 4.39. The molecule has 0 aliphatic heterocycles. The summed E-state index contributed by atoms with van der Waals surface area (Å²) >= 11 is 1.64. The predicted molar refractivity (Wildman–Crippen MR) is 109 cm³/mol. The van der Waals surface area contributed by atoms with E-state index in [1.807, 2.05) is 56.9 Å². The van der Waals surface area contributed by atoms with Gasteiger partial charge in [0.25, 0.3) is 5.91 Å². The summed E-state index contributed by atoms with van der Waals surface area (Å²) in [5.74, 6) is 0.749. The molecule has 0 radical (unpaired) electrons. The molecule has 0 bridgehead atoms. The molecule has 0 saturated carbocycles. The molecule has 5 nitrogen and oxygen atoms in total. The van der Waals surface area contributed by atoms with Gasteiger partial charge < -0.3 is 4.90 Å². The number of thiazole rings is 1. The molecule has 0 aliphatic rings. The fraction of sp³-hybridized carbons (Fsp3) is 0.333. The highest BCUT2D eigenvalue weighted by Crippen LogP contribution is 2.23.